The van der Waals surface area contributed by atoms with Gasteiger partial charge in [-0.3, -0.25) is 0 Å². The van der Waals surface area contributed by atoms with Crippen LogP contribution in [0, 0.1) is 5.92 Å². The summed E-state index contributed by atoms with van der Waals surface area (Å²) in [7, 11) is 1.64. The molecule has 0 aliphatic heterocycles. The molecule has 0 heterocycles. The van der Waals surface area contributed by atoms with Gasteiger partial charge in [-0.2, -0.15) is 0 Å². The molecule has 0 aromatic heterocycles. The van der Waals surface area contributed by atoms with Crippen molar-refractivity contribution in [3.8, 4) is 5.75 Å². The van der Waals surface area contributed by atoms with E-state index in [1.165, 1.54) is 6.42 Å². The summed E-state index contributed by atoms with van der Waals surface area (Å²) in [5, 5.41) is 13.3. The van der Waals surface area contributed by atoms with Gasteiger partial charge in [0.25, 0.3) is 0 Å². The first kappa shape index (κ1) is 15.0. The Morgan fingerprint density at radius 1 is 1.22 bits per heavy atom. The maximum Gasteiger partial charge on any atom is 0.118 e. The van der Waals surface area contributed by atoms with E-state index in [1.54, 1.807) is 7.11 Å². The van der Waals surface area contributed by atoms with Crippen LogP contribution in [-0.2, 0) is 0 Å². The minimum absolute atomic E-state index is 0.449. The summed E-state index contributed by atoms with van der Waals surface area (Å²) in [4.78, 5) is 0. The van der Waals surface area contributed by atoms with E-state index >= 15 is 0 Å². The minimum Gasteiger partial charge on any atom is -0.497 e. The SMILES string of the molecule is COc1ccc(C(O)CNCCCC(C)C)cc1. The quantitative estimate of drug-likeness (QED) is 0.698. The number of rotatable bonds is 8. The molecule has 18 heavy (non-hydrogen) atoms. The molecule has 1 aromatic carbocycles. The molecule has 1 atom stereocenters. The van der Waals surface area contributed by atoms with Crippen molar-refractivity contribution in [2.24, 2.45) is 5.92 Å². The van der Waals surface area contributed by atoms with E-state index in [4.69, 9.17) is 4.74 Å². The standard InChI is InChI=1S/C15H25NO2/c1-12(2)5-4-10-16-11-15(17)13-6-8-14(18-3)9-7-13/h6-9,12,15-17H,4-5,10-11H2,1-3H3. The number of aliphatic hydroxyl groups is 1. The van der Waals surface area contributed by atoms with Gasteiger partial charge < -0.3 is 15.2 Å². The third-order valence-electron chi connectivity index (χ3n) is 2.97. The van der Waals surface area contributed by atoms with Crippen LogP contribution < -0.4 is 10.1 Å². The molecule has 0 amide bonds. The zero-order chi connectivity index (χ0) is 13.4. The second-order valence-corrected chi connectivity index (χ2v) is 5.03. The smallest absolute Gasteiger partial charge is 0.118 e. The fraction of sp³-hybridized carbons (Fsp3) is 0.600. The van der Waals surface area contributed by atoms with Gasteiger partial charge in [-0.1, -0.05) is 26.0 Å². The summed E-state index contributed by atoms with van der Waals surface area (Å²) >= 11 is 0. The fourth-order valence-electron chi connectivity index (χ4n) is 1.82. The lowest BCUT2D eigenvalue weighted by atomic mass is 10.1. The summed E-state index contributed by atoms with van der Waals surface area (Å²) in [6.45, 7) is 6.02. The second-order valence-electron chi connectivity index (χ2n) is 5.03. The van der Waals surface area contributed by atoms with Gasteiger partial charge in [0.2, 0.25) is 0 Å². The molecule has 102 valence electrons. The number of ether oxygens (including phenoxy) is 1. The number of aliphatic hydroxyl groups excluding tert-OH is 1. The average Bonchev–Trinajstić information content (AvgIpc) is 2.38. The topological polar surface area (TPSA) is 41.5 Å². The molecule has 0 radical (unpaired) electrons. The normalized spacial score (nSPS) is 12.7. The lowest BCUT2D eigenvalue weighted by Gasteiger charge is -2.13. The van der Waals surface area contributed by atoms with Crippen molar-refractivity contribution in [2.75, 3.05) is 20.2 Å². The molecule has 0 aliphatic carbocycles. The van der Waals surface area contributed by atoms with E-state index in [9.17, 15) is 5.11 Å². The molecule has 1 rings (SSSR count). The van der Waals surface area contributed by atoms with E-state index < -0.39 is 6.10 Å². The van der Waals surface area contributed by atoms with Gasteiger partial charge in [-0.05, 0) is 43.0 Å². The predicted octanol–water partition coefficient (Wildman–Crippen LogP) is 2.75. The predicted molar refractivity (Wildman–Crippen MR) is 74.9 cm³/mol. The lowest BCUT2D eigenvalue weighted by molar-refractivity contribution is 0.174. The number of hydrogen-bond donors (Lipinski definition) is 2. The van der Waals surface area contributed by atoms with Crippen LogP contribution in [0.1, 0.15) is 38.4 Å². The summed E-state index contributed by atoms with van der Waals surface area (Å²) in [5.74, 6) is 1.56. The number of methoxy groups -OCH3 is 1. The molecule has 1 unspecified atom stereocenters. The van der Waals surface area contributed by atoms with E-state index in [0.717, 1.165) is 30.2 Å². The lowest BCUT2D eigenvalue weighted by Crippen LogP contribution is -2.22. The Balaban J connectivity index is 2.25. The van der Waals surface area contributed by atoms with Crippen molar-refractivity contribution in [3.63, 3.8) is 0 Å². The first-order valence-corrected chi connectivity index (χ1v) is 6.66. The van der Waals surface area contributed by atoms with Crippen molar-refractivity contribution >= 4 is 0 Å². The van der Waals surface area contributed by atoms with Crippen LogP contribution in [0.2, 0.25) is 0 Å². The van der Waals surface area contributed by atoms with E-state index in [0.29, 0.717) is 6.54 Å². The number of benzene rings is 1. The monoisotopic (exact) mass is 251 g/mol. The van der Waals surface area contributed by atoms with Crippen LogP contribution >= 0.6 is 0 Å². The number of nitrogens with one attached hydrogen (secondary N) is 1. The molecule has 0 saturated heterocycles. The van der Waals surface area contributed by atoms with Gasteiger partial charge in [0, 0.05) is 6.54 Å². The highest BCUT2D eigenvalue weighted by Crippen LogP contribution is 2.16. The Bertz CT molecular complexity index is 322. The highest BCUT2D eigenvalue weighted by atomic mass is 16.5. The van der Waals surface area contributed by atoms with Crippen LogP contribution in [0.3, 0.4) is 0 Å². The van der Waals surface area contributed by atoms with Crippen LogP contribution in [-0.4, -0.2) is 25.3 Å². The summed E-state index contributed by atoms with van der Waals surface area (Å²) in [6, 6.07) is 7.55. The molecule has 0 aliphatic rings. The molecule has 1 aromatic rings. The van der Waals surface area contributed by atoms with Gasteiger partial charge in [0.15, 0.2) is 0 Å². The second kappa shape index (κ2) is 8.11. The molecule has 0 fully saturated rings. The largest absolute Gasteiger partial charge is 0.497 e. The first-order chi connectivity index (χ1) is 8.63. The summed E-state index contributed by atoms with van der Waals surface area (Å²) in [6.07, 6.45) is 1.94. The molecule has 0 spiro atoms. The molecule has 2 N–H and O–H groups in total. The maximum absolute atomic E-state index is 9.99. The van der Waals surface area contributed by atoms with E-state index in [2.05, 4.69) is 19.2 Å². The highest BCUT2D eigenvalue weighted by molar-refractivity contribution is 5.28. The van der Waals surface area contributed by atoms with Crippen molar-refractivity contribution < 1.29 is 9.84 Å². The van der Waals surface area contributed by atoms with Gasteiger partial charge in [-0.15, -0.1) is 0 Å². The van der Waals surface area contributed by atoms with Gasteiger partial charge in [-0.25, -0.2) is 0 Å². The molecular weight excluding hydrogens is 226 g/mol. The van der Waals surface area contributed by atoms with Crippen molar-refractivity contribution in [1.82, 2.24) is 5.32 Å². The van der Waals surface area contributed by atoms with Gasteiger partial charge >= 0.3 is 0 Å². The van der Waals surface area contributed by atoms with Crippen molar-refractivity contribution in [2.45, 2.75) is 32.8 Å². The Labute approximate surface area is 110 Å². The Morgan fingerprint density at radius 3 is 2.44 bits per heavy atom. The van der Waals surface area contributed by atoms with Crippen LogP contribution in [0.5, 0.6) is 5.75 Å². The first-order valence-electron chi connectivity index (χ1n) is 6.66. The Hall–Kier alpha value is -1.06. The number of hydrogen-bond acceptors (Lipinski definition) is 3. The van der Waals surface area contributed by atoms with Gasteiger partial charge in [0.1, 0.15) is 5.75 Å². The third-order valence-corrected chi connectivity index (χ3v) is 2.97. The van der Waals surface area contributed by atoms with Crippen molar-refractivity contribution in [1.29, 1.82) is 0 Å². The highest BCUT2D eigenvalue weighted by Gasteiger charge is 2.06. The molecular formula is C15H25NO2. The average molecular weight is 251 g/mol. The van der Waals surface area contributed by atoms with Crippen LogP contribution in [0.4, 0.5) is 0 Å². The molecule has 3 nitrogen and oxygen atoms in total. The summed E-state index contributed by atoms with van der Waals surface area (Å²) in [5.41, 5.74) is 0.923. The van der Waals surface area contributed by atoms with Crippen LogP contribution in [0.25, 0.3) is 0 Å². The Morgan fingerprint density at radius 2 is 1.89 bits per heavy atom. The van der Waals surface area contributed by atoms with Crippen LogP contribution in [0.15, 0.2) is 24.3 Å². The Kier molecular flexibility index (Phi) is 6.76. The molecule has 0 bridgehead atoms. The van der Waals surface area contributed by atoms with E-state index in [-0.39, 0.29) is 0 Å². The van der Waals surface area contributed by atoms with Crippen molar-refractivity contribution in [3.05, 3.63) is 29.8 Å². The molecule has 0 saturated carbocycles. The van der Waals surface area contributed by atoms with Gasteiger partial charge in [0.05, 0.1) is 13.2 Å². The van der Waals surface area contributed by atoms with E-state index in [1.807, 2.05) is 24.3 Å². The summed E-state index contributed by atoms with van der Waals surface area (Å²) < 4.78 is 5.09. The minimum atomic E-state index is -0.449. The third kappa shape index (κ3) is 5.52. The zero-order valence-corrected chi connectivity index (χ0v) is 11.6. The zero-order valence-electron chi connectivity index (χ0n) is 11.6. The fourth-order valence-corrected chi connectivity index (χ4v) is 1.82. The maximum atomic E-state index is 9.99. The molecule has 3 heteroatoms.